The van der Waals surface area contributed by atoms with Gasteiger partial charge < -0.3 is 96.6 Å². The third kappa shape index (κ3) is 30.4. The van der Waals surface area contributed by atoms with Crippen molar-refractivity contribution in [3.63, 3.8) is 0 Å². The Morgan fingerprint density at radius 1 is 0.490 bits per heavy atom. The van der Waals surface area contributed by atoms with Crippen molar-refractivity contribution in [2.45, 2.75) is 169 Å². The van der Waals surface area contributed by atoms with Crippen LogP contribution in [-0.4, -0.2) is 257 Å². The first-order chi connectivity index (χ1) is 48.7. The van der Waals surface area contributed by atoms with E-state index < -0.39 is 207 Å². The molecule has 0 spiro atoms. The monoisotopic (exact) mass is 1440 g/mol. The molecule has 1 fully saturated rings. The van der Waals surface area contributed by atoms with Crippen molar-refractivity contribution in [2.24, 2.45) is 34.4 Å². The maximum absolute atomic E-state index is 14.3. The van der Waals surface area contributed by atoms with E-state index in [4.69, 9.17) is 34.4 Å². The van der Waals surface area contributed by atoms with Crippen LogP contribution in [0.15, 0.2) is 60.7 Å². The van der Waals surface area contributed by atoms with Gasteiger partial charge in [0.1, 0.15) is 54.9 Å². The van der Waals surface area contributed by atoms with Crippen LogP contribution in [0.4, 0.5) is 0 Å². The summed E-state index contributed by atoms with van der Waals surface area (Å²) in [6.45, 7) is -4.31. The number of unbranched alkanes of at least 4 members (excludes halogenated alkanes) is 2. The van der Waals surface area contributed by atoms with E-state index in [-0.39, 0.29) is 71.0 Å². The first-order valence-corrected chi connectivity index (χ1v) is 33.1. The predicted molar refractivity (Wildman–Crippen MR) is 361 cm³/mol. The second-order valence-electron chi connectivity index (χ2n) is 23.9. The average Bonchev–Trinajstić information content (AvgIpc) is 1.76. The summed E-state index contributed by atoms with van der Waals surface area (Å²) in [7, 11) is 0. The van der Waals surface area contributed by atoms with Crippen LogP contribution in [0, 0.1) is 0 Å². The Balaban J connectivity index is 1.89. The number of aliphatic hydroxyl groups is 4. The van der Waals surface area contributed by atoms with Crippen LogP contribution in [0.1, 0.15) is 88.2 Å². The number of carboxylic acids is 1. The third-order valence-electron chi connectivity index (χ3n) is 16.0. The molecule has 2 aromatic carbocycles. The molecule has 39 nitrogen and oxygen atoms in total. The number of benzene rings is 2. The van der Waals surface area contributed by atoms with E-state index in [1.54, 1.807) is 60.7 Å². The highest BCUT2D eigenvalue weighted by Gasteiger charge is 2.43. The second kappa shape index (κ2) is 47.4. The summed E-state index contributed by atoms with van der Waals surface area (Å²) in [4.78, 5) is 201. The van der Waals surface area contributed by atoms with Gasteiger partial charge in [0.25, 0.3) is 0 Å². The molecular formula is C63H99N19O20. The summed E-state index contributed by atoms with van der Waals surface area (Å²) in [5, 5.41) is 68.3. The van der Waals surface area contributed by atoms with E-state index in [2.05, 4.69) is 64.3 Å². The van der Waals surface area contributed by atoms with Gasteiger partial charge in [-0.25, -0.2) is 32.1 Å². The minimum absolute atomic E-state index is 0.00643. The topological polar surface area (TPSA) is 661 Å². The molecule has 2 aromatic rings. The molecule has 0 bridgehead atoms. The molecule has 0 aliphatic carbocycles. The Morgan fingerprint density at radius 3 is 1.41 bits per heavy atom. The predicted octanol–water partition coefficient (Wildman–Crippen LogP) is -10.9. The van der Waals surface area contributed by atoms with Gasteiger partial charge in [-0.05, 0) is 88.5 Å². The van der Waals surface area contributed by atoms with Crippen LogP contribution >= 0.6 is 0 Å². The molecular weight excluding hydrogens is 1340 g/mol. The number of amides is 7. The smallest absolute Gasteiger partial charge is 0.305 e. The molecule has 7 amide bonds. The average molecular weight is 1440 g/mol. The third-order valence-corrected chi connectivity index (χ3v) is 16.0. The first-order valence-electron chi connectivity index (χ1n) is 33.1. The zero-order valence-electron chi connectivity index (χ0n) is 56.4. The molecule has 1 aliphatic heterocycles. The van der Waals surface area contributed by atoms with Crippen molar-refractivity contribution in [2.75, 3.05) is 59.2 Å². The van der Waals surface area contributed by atoms with Crippen molar-refractivity contribution < 1.29 is 97.5 Å². The van der Waals surface area contributed by atoms with Gasteiger partial charge >= 0.3 is 5.97 Å². The second-order valence-corrected chi connectivity index (χ2v) is 23.9. The number of hydrazine groups is 3. The molecule has 29 N–H and O–H groups in total. The number of carboxylic acid groups (broad SMARTS) is 1. The summed E-state index contributed by atoms with van der Waals surface area (Å²) < 4.78 is 0. The molecule has 1 aliphatic rings. The SMILES string of the molecule is NCCCC[C@H](NN[C@@H](CCCCN)C(=O)N[C@@H](Cc1ccccc1)C(=O)N[C@@H](CO)C(=O)N[C@@H](CCCNC(N)N)C(=O)N[C@@H](CO)C(=O)N[C@@H](CC(=O)O)C(=O)C(=O)[C@@H]1CCCN1N[C@@H](CC(N)=O)C(=O)C(=O)[C@H](Cc1ccccc1)NN[C@@H](CO)C(=O)C(=O)CN)C(=O)N[C@H](C=O)CO. The number of aliphatic hydroxyl groups excluding tert-OH is 4. The van der Waals surface area contributed by atoms with Crippen LogP contribution in [-0.2, 0) is 84.8 Å². The number of carbonyl (C=O) groups is 15. The Kier molecular flexibility index (Phi) is 40.7. The number of carbonyl (C=O) groups excluding carboxylic acids is 14. The van der Waals surface area contributed by atoms with Gasteiger partial charge in [-0.15, -0.1) is 0 Å². The fourth-order valence-electron chi connectivity index (χ4n) is 10.4. The minimum Gasteiger partial charge on any atom is -0.481 e. The fraction of sp³-hybridized carbons (Fsp3) is 0.571. The zero-order chi connectivity index (χ0) is 75.8. The van der Waals surface area contributed by atoms with E-state index in [0.29, 0.717) is 49.6 Å². The summed E-state index contributed by atoms with van der Waals surface area (Å²) >= 11 is 0. The summed E-state index contributed by atoms with van der Waals surface area (Å²) in [6, 6.07) is -3.06. The van der Waals surface area contributed by atoms with Crippen LogP contribution in [0.5, 0.6) is 0 Å². The molecule has 0 saturated carbocycles. The van der Waals surface area contributed by atoms with E-state index >= 15 is 0 Å². The lowest BCUT2D eigenvalue weighted by molar-refractivity contribution is -0.146. The number of nitrogens with two attached hydrogens (primary N) is 6. The molecule has 566 valence electrons. The van der Waals surface area contributed by atoms with Gasteiger partial charge in [0.2, 0.25) is 76.0 Å². The highest BCUT2D eigenvalue weighted by atomic mass is 16.4. The summed E-state index contributed by atoms with van der Waals surface area (Å²) in [5.41, 5.74) is 47.6. The molecule has 3 rings (SSSR count). The van der Waals surface area contributed by atoms with E-state index in [0.717, 1.165) is 5.01 Å². The number of aliphatic carboxylic acids is 1. The van der Waals surface area contributed by atoms with Gasteiger partial charge in [-0.2, -0.15) is 0 Å². The lowest BCUT2D eigenvalue weighted by Gasteiger charge is -2.30. The molecule has 12 atom stereocenters. The molecule has 0 radical (unpaired) electrons. The number of nitrogens with one attached hydrogen (secondary N) is 12. The molecule has 0 aromatic heterocycles. The normalized spacial score (nSPS) is 16.2. The number of ketones is 6. The zero-order valence-corrected chi connectivity index (χ0v) is 56.4. The Morgan fingerprint density at radius 2 is 0.931 bits per heavy atom. The standard InChI is InChI=1S/C63H99N19O20/c64-21-9-7-17-39(58(98)71-37(30-83)31-84)77-78-40(18-8-10-22-65)59(99)74-44(26-36-15-5-2-6-16-36)60(100)76-46(33-86)61(101)72-38(19-11-23-70-63(68)69)57(97)75-47(34-87)62(102)73-41(28-51(90)91)53(93)56(96)48-20-12-24-82(48)81-43(27-50(67)89)55(95)54(94)42(25-35-13-3-1-4-14-35)79-80-45(32-85)52(92)49(88)29-66/h1-6,13-16,30,37-48,63,70,77-81,84-87H,7-12,17-29,31-34,64-66,68-69H2,(H2,67,89)(H,71,98)(H,72,101)(H,73,102)(H,74,99)(H,75,97)(H,76,100)(H,90,91)/t37-,38+,39+,40+,41+,42+,43+,44+,45+,46+,47+,48+/m1/s1. The van der Waals surface area contributed by atoms with Crippen molar-refractivity contribution in [1.29, 1.82) is 0 Å². The number of rotatable bonds is 55. The lowest BCUT2D eigenvalue weighted by Crippen LogP contribution is -2.62. The number of aldehydes is 1. The first kappa shape index (κ1) is 87.5. The number of hydrogen-bond donors (Lipinski definition) is 23. The highest BCUT2D eigenvalue weighted by molar-refractivity contribution is 6.42. The largest absolute Gasteiger partial charge is 0.481 e. The van der Waals surface area contributed by atoms with Crippen molar-refractivity contribution in [3.8, 4) is 0 Å². The van der Waals surface area contributed by atoms with E-state index in [9.17, 15) is 97.5 Å². The Hall–Kier alpha value is -8.75. The molecule has 102 heavy (non-hydrogen) atoms. The van der Waals surface area contributed by atoms with Crippen molar-refractivity contribution >= 4 is 88.3 Å². The minimum atomic E-state index is -2.22. The number of nitrogens with zero attached hydrogens (tertiary/aromatic N) is 1. The summed E-state index contributed by atoms with van der Waals surface area (Å²) in [6.07, 6.45) is -1.63. The molecule has 0 unspecified atom stereocenters. The van der Waals surface area contributed by atoms with Crippen LogP contribution in [0.25, 0.3) is 0 Å². The maximum atomic E-state index is 14.3. The Labute approximate surface area is 587 Å². The van der Waals surface area contributed by atoms with Crippen LogP contribution < -0.4 is 98.7 Å². The lowest BCUT2D eigenvalue weighted by atomic mass is 9.96. The van der Waals surface area contributed by atoms with Gasteiger partial charge in [0.15, 0.2) is 0 Å². The van der Waals surface area contributed by atoms with Gasteiger partial charge in [-0.1, -0.05) is 73.5 Å². The number of Topliss-reactive ketones (excluding diaryl/α,β-unsaturated/α-hetero) is 6. The summed E-state index contributed by atoms with van der Waals surface area (Å²) in [5.74, 6) is -16.9. The number of hydrogen-bond acceptors (Lipinski definition) is 31. The van der Waals surface area contributed by atoms with Crippen LogP contribution in [0.3, 0.4) is 0 Å². The van der Waals surface area contributed by atoms with Gasteiger partial charge in [0.05, 0.1) is 76.0 Å². The maximum Gasteiger partial charge on any atom is 0.305 e. The molecule has 1 saturated heterocycles. The van der Waals surface area contributed by atoms with Gasteiger partial charge in [-0.3, -0.25) is 72.4 Å². The molecule has 39 heteroatoms. The Bertz CT molecular complexity index is 3100. The van der Waals surface area contributed by atoms with Crippen LogP contribution in [0.2, 0.25) is 0 Å². The van der Waals surface area contributed by atoms with Crippen molar-refractivity contribution in [1.82, 2.24) is 69.4 Å². The highest BCUT2D eigenvalue weighted by Crippen LogP contribution is 2.20. The quantitative estimate of drug-likeness (QED) is 0.00961. The molecule has 1 heterocycles. The fourth-order valence-corrected chi connectivity index (χ4v) is 10.4. The van der Waals surface area contributed by atoms with E-state index in [1.165, 1.54) is 0 Å². The van der Waals surface area contributed by atoms with E-state index in [1.807, 2.05) is 0 Å². The van der Waals surface area contributed by atoms with Gasteiger partial charge in [0, 0.05) is 13.0 Å². The number of primary amides is 1. The van der Waals surface area contributed by atoms with Crippen molar-refractivity contribution in [3.05, 3.63) is 71.8 Å².